The highest BCUT2D eigenvalue weighted by Crippen LogP contribution is 2.27. The number of nitrogens with zero attached hydrogens (tertiary/aromatic N) is 2. The van der Waals surface area contributed by atoms with Crippen molar-refractivity contribution in [3.8, 4) is 0 Å². The smallest absolute Gasteiger partial charge is 0.265 e. The number of allylic oxidation sites excluding steroid dienone is 1. The van der Waals surface area contributed by atoms with E-state index in [1.54, 1.807) is 0 Å². The van der Waals surface area contributed by atoms with Crippen LogP contribution in [0.25, 0.3) is 0 Å². The molecule has 0 aromatic rings. The summed E-state index contributed by atoms with van der Waals surface area (Å²) in [5.41, 5.74) is 1.50. The first-order chi connectivity index (χ1) is 5.43. The third kappa shape index (κ3) is 1.46. The van der Waals surface area contributed by atoms with Crippen molar-refractivity contribution < 1.29 is 18.0 Å². The summed E-state index contributed by atoms with van der Waals surface area (Å²) in [5, 5.41) is 2.93. The second-order valence-corrected chi connectivity index (χ2v) is 2.19. The molecule has 3 nitrogen and oxygen atoms in total. The third-order valence-corrected chi connectivity index (χ3v) is 1.37. The number of hydrogen-bond acceptors (Lipinski definition) is 2. The fraction of sp³-hybridized carbons (Fsp3) is 0.333. The van der Waals surface area contributed by atoms with E-state index in [1.165, 1.54) is 0 Å². The molecule has 0 atom stereocenters. The van der Waals surface area contributed by atoms with Crippen molar-refractivity contribution in [3.05, 3.63) is 11.1 Å². The average molecular weight is 177 g/mol. The number of amides is 1. The molecule has 1 radical (unpaired) electrons. The largest absolute Gasteiger partial charge is 0.418 e. The molecule has 1 aliphatic heterocycles. The normalized spacial score (nSPS) is 18.2. The summed E-state index contributed by atoms with van der Waals surface area (Å²) in [7, 11) is 0. The lowest BCUT2D eigenvalue weighted by atomic mass is 10.1. The van der Waals surface area contributed by atoms with Crippen LogP contribution in [0.5, 0.6) is 0 Å². The van der Waals surface area contributed by atoms with E-state index in [1.807, 2.05) is 0 Å². The van der Waals surface area contributed by atoms with Crippen molar-refractivity contribution in [1.82, 2.24) is 5.43 Å². The number of rotatable bonds is 0. The molecule has 1 aliphatic rings. The number of alkyl halides is 3. The van der Waals surface area contributed by atoms with Crippen molar-refractivity contribution in [2.24, 2.45) is 5.10 Å². The van der Waals surface area contributed by atoms with Crippen LogP contribution in [0.15, 0.2) is 16.2 Å². The van der Waals surface area contributed by atoms with Gasteiger partial charge in [-0.1, -0.05) is 0 Å². The summed E-state index contributed by atoms with van der Waals surface area (Å²) < 4.78 is 36.1. The number of carbonyl (C=O) groups is 1. The molecule has 0 aliphatic carbocycles. The molecule has 1 heterocycles. The predicted molar refractivity (Wildman–Crippen MR) is 34.4 cm³/mol. The van der Waals surface area contributed by atoms with Crippen LogP contribution >= 0.6 is 0 Å². The van der Waals surface area contributed by atoms with Crippen molar-refractivity contribution in [2.75, 3.05) is 0 Å². The maximum absolute atomic E-state index is 12.0. The van der Waals surface area contributed by atoms with Gasteiger partial charge in [0.15, 0.2) is 0 Å². The van der Waals surface area contributed by atoms with E-state index in [0.29, 0.717) is 6.21 Å². The third-order valence-electron chi connectivity index (χ3n) is 1.37. The molecular formula is C6H4F3N2O. The number of carbonyl (C=O) groups excluding carboxylic acids is 1. The van der Waals surface area contributed by atoms with Gasteiger partial charge < -0.3 is 0 Å². The molecule has 0 fully saturated rings. The molecule has 6 heteroatoms. The first-order valence-electron chi connectivity index (χ1n) is 2.99. The molecule has 0 aromatic heterocycles. The monoisotopic (exact) mass is 177 g/mol. The Hall–Kier alpha value is -1.33. The molecule has 65 valence electrons. The SMILES string of the molecule is CC1=C(C(F)(F)F)C=N[N]C1=O. The molecule has 0 spiro atoms. The Kier molecular flexibility index (Phi) is 1.91. The summed E-state index contributed by atoms with van der Waals surface area (Å²) in [6, 6.07) is 0. The van der Waals surface area contributed by atoms with Crippen molar-refractivity contribution >= 4 is 12.1 Å². The van der Waals surface area contributed by atoms with Gasteiger partial charge in [0, 0.05) is 5.57 Å². The van der Waals surface area contributed by atoms with Crippen LogP contribution in [0.1, 0.15) is 6.92 Å². The van der Waals surface area contributed by atoms with Crippen LogP contribution < -0.4 is 5.43 Å². The maximum atomic E-state index is 12.0. The molecule has 0 bridgehead atoms. The molecule has 1 amide bonds. The lowest BCUT2D eigenvalue weighted by Crippen LogP contribution is -2.25. The van der Waals surface area contributed by atoms with Crippen LogP contribution in [0.2, 0.25) is 0 Å². The van der Waals surface area contributed by atoms with E-state index < -0.39 is 23.2 Å². The Morgan fingerprint density at radius 3 is 2.42 bits per heavy atom. The fourth-order valence-electron chi connectivity index (χ4n) is 0.712. The summed E-state index contributed by atoms with van der Waals surface area (Å²) >= 11 is 0. The van der Waals surface area contributed by atoms with E-state index in [9.17, 15) is 18.0 Å². The van der Waals surface area contributed by atoms with Gasteiger partial charge in [-0.2, -0.15) is 18.3 Å². The predicted octanol–water partition coefficient (Wildman–Crippen LogP) is 0.996. The van der Waals surface area contributed by atoms with E-state index in [-0.39, 0.29) is 0 Å². The minimum absolute atomic E-state index is 0.419. The zero-order chi connectivity index (χ0) is 9.35. The summed E-state index contributed by atoms with van der Waals surface area (Å²) in [6.45, 7) is 1.07. The second kappa shape index (κ2) is 2.62. The van der Waals surface area contributed by atoms with Gasteiger partial charge in [-0.3, -0.25) is 4.79 Å². The summed E-state index contributed by atoms with van der Waals surface area (Å²) in [4.78, 5) is 10.6. The Morgan fingerprint density at radius 1 is 1.42 bits per heavy atom. The molecule has 0 saturated carbocycles. The standard InChI is InChI=1S/C6H4F3N2O/c1-3-4(6(7,8)9)2-10-11-5(3)12/h2H,1H3. The van der Waals surface area contributed by atoms with E-state index in [2.05, 4.69) is 10.5 Å². The van der Waals surface area contributed by atoms with Crippen LogP contribution in [0.4, 0.5) is 13.2 Å². The molecular weight excluding hydrogens is 173 g/mol. The minimum atomic E-state index is -4.53. The fourth-order valence-corrected chi connectivity index (χ4v) is 0.712. The number of halogens is 3. The summed E-state index contributed by atoms with van der Waals surface area (Å²) in [5.74, 6) is -0.940. The van der Waals surface area contributed by atoms with Gasteiger partial charge in [-0.15, -0.1) is 5.43 Å². The van der Waals surface area contributed by atoms with Crippen molar-refractivity contribution in [1.29, 1.82) is 0 Å². The van der Waals surface area contributed by atoms with Gasteiger partial charge in [-0.25, -0.2) is 0 Å². The van der Waals surface area contributed by atoms with Crippen molar-refractivity contribution in [3.63, 3.8) is 0 Å². The lowest BCUT2D eigenvalue weighted by Gasteiger charge is -2.12. The topological polar surface area (TPSA) is 43.5 Å². The molecule has 0 saturated heterocycles. The quantitative estimate of drug-likeness (QED) is 0.544. The van der Waals surface area contributed by atoms with Crippen molar-refractivity contribution in [2.45, 2.75) is 13.1 Å². The van der Waals surface area contributed by atoms with Crippen LogP contribution in [0.3, 0.4) is 0 Å². The van der Waals surface area contributed by atoms with Gasteiger partial charge in [-0.05, 0) is 6.92 Å². The van der Waals surface area contributed by atoms with Gasteiger partial charge >= 0.3 is 6.18 Å². The highest BCUT2D eigenvalue weighted by Gasteiger charge is 2.37. The molecule has 0 N–H and O–H groups in total. The Morgan fingerprint density at radius 2 is 2.00 bits per heavy atom. The zero-order valence-electron chi connectivity index (χ0n) is 6.01. The zero-order valence-corrected chi connectivity index (χ0v) is 6.01. The average Bonchev–Trinajstić information content (AvgIpc) is 1.92. The van der Waals surface area contributed by atoms with Crippen LogP contribution in [-0.2, 0) is 4.79 Å². The van der Waals surface area contributed by atoms with Gasteiger partial charge in [0.25, 0.3) is 5.91 Å². The molecule has 12 heavy (non-hydrogen) atoms. The Labute approximate surface area is 65.9 Å². The van der Waals surface area contributed by atoms with E-state index in [4.69, 9.17) is 0 Å². The van der Waals surface area contributed by atoms with Gasteiger partial charge in [0.1, 0.15) is 0 Å². The van der Waals surface area contributed by atoms with E-state index in [0.717, 1.165) is 6.92 Å². The van der Waals surface area contributed by atoms with E-state index >= 15 is 0 Å². The van der Waals surface area contributed by atoms with Gasteiger partial charge in [0.05, 0.1) is 11.8 Å². The second-order valence-electron chi connectivity index (χ2n) is 2.19. The maximum Gasteiger partial charge on any atom is 0.418 e. The lowest BCUT2D eigenvalue weighted by molar-refractivity contribution is -0.119. The molecule has 0 unspecified atom stereocenters. The molecule has 1 rings (SSSR count). The highest BCUT2D eigenvalue weighted by atomic mass is 19.4. The van der Waals surface area contributed by atoms with Crippen LogP contribution in [-0.4, -0.2) is 18.3 Å². The summed E-state index contributed by atoms with van der Waals surface area (Å²) in [6.07, 6.45) is -3.99. The first-order valence-corrected chi connectivity index (χ1v) is 2.99. The van der Waals surface area contributed by atoms with Crippen LogP contribution in [0, 0.1) is 0 Å². The first kappa shape index (κ1) is 8.76. The van der Waals surface area contributed by atoms with Gasteiger partial charge in [0.2, 0.25) is 0 Å². The molecule has 0 aromatic carbocycles. The Bertz CT molecular complexity index is 277. The number of hydrogen-bond donors (Lipinski definition) is 0. The Balaban J connectivity index is 3.10. The highest BCUT2D eigenvalue weighted by molar-refractivity contribution is 6.02. The minimum Gasteiger partial charge on any atom is -0.265 e.